The predicted molar refractivity (Wildman–Crippen MR) is 98.4 cm³/mol. The van der Waals surface area contributed by atoms with Gasteiger partial charge in [0.2, 0.25) is 5.91 Å². The Balaban J connectivity index is 1.88. The number of nitrogens with one attached hydrogen (secondary N) is 1. The fraction of sp³-hybridized carbons (Fsp3) is 0.381. The van der Waals surface area contributed by atoms with Crippen LogP contribution in [0.5, 0.6) is 5.75 Å². The third-order valence-corrected chi connectivity index (χ3v) is 4.27. The van der Waals surface area contributed by atoms with Crippen LogP contribution in [0.3, 0.4) is 0 Å². The van der Waals surface area contributed by atoms with Crippen molar-refractivity contribution in [1.82, 2.24) is 5.32 Å². The lowest BCUT2D eigenvalue weighted by atomic mass is 10.00. The number of amides is 1. The average molecular weight is 325 g/mol. The van der Waals surface area contributed by atoms with Crippen LogP contribution < -0.4 is 10.1 Å². The molecule has 2 rings (SSSR count). The van der Waals surface area contributed by atoms with Gasteiger partial charge in [-0.1, -0.05) is 56.3 Å². The maximum atomic E-state index is 12.2. The highest BCUT2D eigenvalue weighted by Gasteiger charge is 2.13. The second-order valence-electron chi connectivity index (χ2n) is 6.43. The highest BCUT2D eigenvalue weighted by molar-refractivity contribution is 5.76. The summed E-state index contributed by atoms with van der Waals surface area (Å²) in [5.74, 6) is 1.39. The van der Waals surface area contributed by atoms with E-state index in [1.54, 1.807) is 7.11 Å². The van der Waals surface area contributed by atoms with Crippen LogP contribution in [0.4, 0.5) is 0 Å². The van der Waals surface area contributed by atoms with Gasteiger partial charge in [-0.3, -0.25) is 4.79 Å². The summed E-state index contributed by atoms with van der Waals surface area (Å²) in [6.07, 6.45) is 1.24. The molecule has 0 aliphatic carbocycles. The first kappa shape index (κ1) is 18.1. The zero-order chi connectivity index (χ0) is 17.5. The molecule has 0 spiro atoms. The first-order valence-electron chi connectivity index (χ1n) is 8.52. The number of rotatable bonds is 7. The lowest BCUT2D eigenvalue weighted by molar-refractivity contribution is -0.121. The molecule has 0 unspecified atom stereocenters. The molecule has 128 valence electrons. The Morgan fingerprint density at radius 2 is 1.71 bits per heavy atom. The highest BCUT2D eigenvalue weighted by Crippen LogP contribution is 2.24. The van der Waals surface area contributed by atoms with E-state index in [0.29, 0.717) is 12.3 Å². The molecular weight excluding hydrogens is 298 g/mol. The number of hydrogen-bond donors (Lipinski definition) is 1. The van der Waals surface area contributed by atoms with E-state index in [9.17, 15) is 4.79 Å². The van der Waals surface area contributed by atoms with Crippen molar-refractivity contribution in [3.05, 3.63) is 65.2 Å². The van der Waals surface area contributed by atoms with Crippen LogP contribution in [-0.2, 0) is 11.2 Å². The van der Waals surface area contributed by atoms with Crippen molar-refractivity contribution in [3.63, 3.8) is 0 Å². The van der Waals surface area contributed by atoms with E-state index in [0.717, 1.165) is 17.7 Å². The van der Waals surface area contributed by atoms with Gasteiger partial charge in [0.25, 0.3) is 0 Å². The summed E-state index contributed by atoms with van der Waals surface area (Å²) in [4.78, 5) is 12.2. The van der Waals surface area contributed by atoms with Crippen molar-refractivity contribution in [2.75, 3.05) is 7.11 Å². The average Bonchev–Trinajstić information content (AvgIpc) is 2.60. The first-order chi connectivity index (χ1) is 11.5. The van der Waals surface area contributed by atoms with E-state index >= 15 is 0 Å². The molecule has 0 saturated heterocycles. The lowest BCUT2D eigenvalue weighted by Crippen LogP contribution is -2.27. The molecule has 0 bridgehead atoms. The molecule has 0 aromatic heterocycles. The largest absolute Gasteiger partial charge is 0.496 e. The van der Waals surface area contributed by atoms with Gasteiger partial charge in [-0.05, 0) is 36.5 Å². The Morgan fingerprint density at radius 3 is 2.33 bits per heavy atom. The van der Waals surface area contributed by atoms with Crippen LogP contribution in [0.15, 0.2) is 48.5 Å². The summed E-state index contributed by atoms with van der Waals surface area (Å²) < 4.78 is 5.36. The number of aryl methyl sites for hydroxylation is 1. The summed E-state index contributed by atoms with van der Waals surface area (Å²) in [5, 5.41) is 3.05. The van der Waals surface area contributed by atoms with Crippen molar-refractivity contribution in [2.45, 2.75) is 45.6 Å². The van der Waals surface area contributed by atoms with E-state index in [4.69, 9.17) is 4.74 Å². The van der Waals surface area contributed by atoms with Crippen LogP contribution in [0.1, 0.15) is 55.8 Å². The Bertz CT molecular complexity index is 662. The number of ether oxygens (including phenoxy) is 1. The van der Waals surface area contributed by atoms with Gasteiger partial charge in [0.1, 0.15) is 5.75 Å². The summed E-state index contributed by atoms with van der Waals surface area (Å²) in [6.45, 7) is 6.34. The van der Waals surface area contributed by atoms with Gasteiger partial charge in [-0.15, -0.1) is 0 Å². The van der Waals surface area contributed by atoms with E-state index in [1.807, 2.05) is 31.2 Å². The van der Waals surface area contributed by atoms with E-state index in [-0.39, 0.29) is 11.9 Å². The van der Waals surface area contributed by atoms with Gasteiger partial charge in [0, 0.05) is 12.0 Å². The van der Waals surface area contributed by atoms with E-state index < -0.39 is 0 Å². The van der Waals surface area contributed by atoms with Crippen molar-refractivity contribution >= 4 is 5.91 Å². The molecule has 0 aliphatic rings. The zero-order valence-corrected chi connectivity index (χ0v) is 15.0. The van der Waals surface area contributed by atoms with Crippen LogP contribution in [0.2, 0.25) is 0 Å². The van der Waals surface area contributed by atoms with Gasteiger partial charge < -0.3 is 10.1 Å². The molecule has 3 nitrogen and oxygen atoms in total. The van der Waals surface area contributed by atoms with Crippen molar-refractivity contribution in [2.24, 2.45) is 0 Å². The first-order valence-corrected chi connectivity index (χ1v) is 8.52. The lowest BCUT2D eigenvalue weighted by Gasteiger charge is -2.17. The molecule has 2 aromatic rings. The van der Waals surface area contributed by atoms with Crippen molar-refractivity contribution in [1.29, 1.82) is 0 Å². The molecule has 1 N–H and O–H groups in total. The minimum atomic E-state index is -0.0723. The molecule has 0 saturated carbocycles. The van der Waals surface area contributed by atoms with Gasteiger partial charge in [-0.2, -0.15) is 0 Å². The van der Waals surface area contributed by atoms with E-state index in [2.05, 4.69) is 43.4 Å². The standard InChI is InChI=1S/C21H27NO2/c1-15(2)18-12-9-17(10-13-18)11-14-21(23)22-16(3)19-7-5-6-8-20(19)24-4/h5-10,12-13,15-16H,11,14H2,1-4H3,(H,22,23)/t16-/m1/s1. The van der Waals surface area contributed by atoms with E-state index in [1.165, 1.54) is 11.1 Å². The number of hydrogen-bond acceptors (Lipinski definition) is 2. The third-order valence-electron chi connectivity index (χ3n) is 4.27. The molecule has 1 amide bonds. The maximum Gasteiger partial charge on any atom is 0.220 e. The normalized spacial score (nSPS) is 12.0. The molecule has 0 fully saturated rings. The highest BCUT2D eigenvalue weighted by atomic mass is 16.5. The summed E-state index contributed by atoms with van der Waals surface area (Å²) in [6, 6.07) is 16.2. The predicted octanol–water partition coefficient (Wildman–Crippen LogP) is 4.63. The molecule has 24 heavy (non-hydrogen) atoms. The number of methoxy groups -OCH3 is 1. The quantitative estimate of drug-likeness (QED) is 0.806. The van der Waals surface area contributed by atoms with Crippen LogP contribution >= 0.6 is 0 Å². The van der Waals surface area contributed by atoms with Crippen molar-refractivity contribution in [3.8, 4) is 5.75 Å². The fourth-order valence-electron chi connectivity index (χ4n) is 2.74. The van der Waals surface area contributed by atoms with Crippen LogP contribution in [0, 0.1) is 0 Å². The number of carbonyl (C=O) groups is 1. The minimum Gasteiger partial charge on any atom is -0.496 e. The van der Waals surface area contributed by atoms with Crippen LogP contribution in [0.25, 0.3) is 0 Å². The fourth-order valence-corrected chi connectivity index (χ4v) is 2.74. The number of benzene rings is 2. The summed E-state index contributed by atoms with van der Waals surface area (Å²) in [5.41, 5.74) is 3.52. The Hall–Kier alpha value is -2.29. The van der Waals surface area contributed by atoms with Gasteiger partial charge >= 0.3 is 0 Å². The SMILES string of the molecule is COc1ccccc1[C@@H](C)NC(=O)CCc1ccc(C(C)C)cc1. The number of para-hydroxylation sites is 1. The van der Waals surface area contributed by atoms with Gasteiger partial charge in [0.05, 0.1) is 13.2 Å². The molecule has 0 aliphatic heterocycles. The van der Waals surface area contributed by atoms with Crippen molar-refractivity contribution < 1.29 is 9.53 Å². The summed E-state index contributed by atoms with van der Waals surface area (Å²) >= 11 is 0. The Morgan fingerprint density at radius 1 is 1.04 bits per heavy atom. The van der Waals surface area contributed by atoms with Crippen LogP contribution in [-0.4, -0.2) is 13.0 Å². The maximum absolute atomic E-state index is 12.2. The molecular formula is C21H27NO2. The zero-order valence-electron chi connectivity index (χ0n) is 15.0. The summed E-state index contributed by atoms with van der Waals surface area (Å²) in [7, 11) is 1.65. The minimum absolute atomic E-state index is 0.0568. The Labute approximate surface area is 145 Å². The smallest absolute Gasteiger partial charge is 0.220 e. The topological polar surface area (TPSA) is 38.3 Å². The molecule has 0 radical (unpaired) electrons. The van der Waals surface area contributed by atoms with Gasteiger partial charge in [0.15, 0.2) is 0 Å². The second-order valence-corrected chi connectivity index (χ2v) is 6.43. The molecule has 1 atom stereocenters. The monoisotopic (exact) mass is 325 g/mol. The molecule has 0 heterocycles. The Kier molecular flexibility index (Phi) is 6.42. The number of carbonyl (C=O) groups excluding carboxylic acids is 1. The molecule has 3 heteroatoms. The third kappa shape index (κ3) is 4.85. The van der Waals surface area contributed by atoms with Gasteiger partial charge in [-0.25, -0.2) is 0 Å². The molecule has 2 aromatic carbocycles. The second kappa shape index (κ2) is 8.53.